The molecule has 1 N–H and O–H groups in total. The molecular formula is C16H10BrCl2NO2. The lowest BCUT2D eigenvalue weighted by atomic mass is 10.0. The fourth-order valence-electron chi connectivity index (χ4n) is 2.20. The van der Waals surface area contributed by atoms with E-state index in [4.69, 9.17) is 27.7 Å². The second-order valence-electron chi connectivity index (χ2n) is 4.66. The molecular weight excluding hydrogens is 389 g/mol. The monoisotopic (exact) mass is 397 g/mol. The third-order valence-electron chi connectivity index (χ3n) is 3.19. The molecule has 0 saturated heterocycles. The molecule has 0 aliphatic heterocycles. The predicted octanol–water partition coefficient (Wildman–Crippen LogP) is 5.57. The second-order valence-corrected chi connectivity index (χ2v) is 6.45. The maximum absolute atomic E-state index is 9.73. The number of halogens is 3. The number of hydrogen-bond donors (Lipinski definition) is 1. The summed E-state index contributed by atoms with van der Waals surface area (Å²) in [5.41, 5.74) is 2.73. The van der Waals surface area contributed by atoms with Crippen LogP contribution in [0, 0.1) is 0 Å². The van der Waals surface area contributed by atoms with Crippen molar-refractivity contribution in [3.05, 3.63) is 62.5 Å². The van der Waals surface area contributed by atoms with Crippen molar-refractivity contribution >= 4 is 39.1 Å². The van der Waals surface area contributed by atoms with Gasteiger partial charge in [-0.25, -0.2) is 0 Å². The minimum Gasteiger partial charge on any atom is -0.391 e. The molecule has 6 heteroatoms. The molecule has 1 aromatic heterocycles. The van der Waals surface area contributed by atoms with E-state index in [0.717, 1.165) is 10.0 Å². The van der Waals surface area contributed by atoms with E-state index < -0.39 is 0 Å². The number of aliphatic hydroxyl groups excluding tert-OH is 1. The maximum atomic E-state index is 9.73. The molecule has 3 aromatic rings. The summed E-state index contributed by atoms with van der Waals surface area (Å²) < 4.78 is 6.39. The molecule has 0 atom stereocenters. The molecule has 1 heterocycles. The van der Waals surface area contributed by atoms with Gasteiger partial charge >= 0.3 is 0 Å². The Kier molecular flexibility index (Phi) is 4.54. The summed E-state index contributed by atoms with van der Waals surface area (Å²) in [6, 6.07) is 12.7. The van der Waals surface area contributed by atoms with Gasteiger partial charge in [-0.15, -0.1) is 0 Å². The Morgan fingerprint density at radius 2 is 1.64 bits per heavy atom. The Balaban J connectivity index is 2.12. The lowest BCUT2D eigenvalue weighted by molar-refractivity contribution is 0.281. The van der Waals surface area contributed by atoms with Crippen molar-refractivity contribution in [2.24, 2.45) is 0 Å². The number of rotatable bonds is 3. The average Bonchev–Trinajstić information content (AvgIpc) is 2.91. The molecule has 0 fully saturated rings. The molecule has 0 bridgehead atoms. The highest BCUT2D eigenvalue weighted by Crippen LogP contribution is 2.35. The van der Waals surface area contributed by atoms with Gasteiger partial charge in [0.1, 0.15) is 5.69 Å². The van der Waals surface area contributed by atoms with Crippen LogP contribution in [0.15, 0.2) is 51.5 Å². The van der Waals surface area contributed by atoms with Crippen molar-refractivity contribution < 1.29 is 9.63 Å². The average molecular weight is 399 g/mol. The van der Waals surface area contributed by atoms with Crippen LogP contribution in [-0.2, 0) is 6.61 Å². The van der Waals surface area contributed by atoms with Gasteiger partial charge in [0.2, 0.25) is 0 Å². The number of nitrogens with zero attached hydrogens (tertiary/aromatic N) is 1. The highest BCUT2D eigenvalue weighted by atomic mass is 79.9. The predicted molar refractivity (Wildman–Crippen MR) is 91.0 cm³/mol. The van der Waals surface area contributed by atoms with Gasteiger partial charge in [0, 0.05) is 25.6 Å². The molecule has 112 valence electrons. The largest absolute Gasteiger partial charge is 0.391 e. The Bertz CT molecular complexity index is 795. The summed E-state index contributed by atoms with van der Waals surface area (Å²) in [5.74, 6) is 0.463. The van der Waals surface area contributed by atoms with E-state index in [-0.39, 0.29) is 6.61 Å². The van der Waals surface area contributed by atoms with Crippen LogP contribution in [0.3, 0.4) is 0 Å². The third kappa shape index (κ3) is 3.06. The second kappa shape index (κ2) is 6.42. The van der Waals surface area contributed by atoms with Gasteiger partial charge in [-0.05, 0) is 30.3 Å². The molecule has 0 saturated carbocycles. The van der Waals surface area contributed by atoms with Crippen LogP contribution in [0.1, 0.15) is 5.56 Å². The fourth-order valence-corrected chi connectivity index (χ4v) is 2.99. The van der Waals surface area contributed by atoms with Crippen LogP contribution < -0.4 is 0 Å². The van der Waals surface area contributed by atoms with Crippen LogP contribution in [0.25, 0.3) is 22.6 Å². The summed E-state index contributed by atoms with van der Waals surface area (Å²) in [5, 5.41) is 14.8. The number of hydrogen-bond acceptors (Lipinski definition) is 3. The molecule has 22 heavy (non-hydrogen) atoms. The first-order valence-corrected chi connectivity index (χ1v) is 7.95. The first-order chi connectivity index (χ1) is 10.6. The SMILES string of the molecule is OCc1c(-c2ccc(Br)cc2)noc1-c1cc(Cl)cc(Cl)c1. The minimum absolute atomic E-state index is 0.200. The Morgan fingerprint density at radius 3 is 2.23 bits per heavy atom. The lowest BCUT2D eigenvalue weighted by Crippen LogP contribution is -1.89. The van der Waals surface area contributed by atoms with Gasteiger partial charge in [0.05, 0.1) is 12.2 Å². The van der Waals surface area contributed by atoms with Crippen molar-refractivity contribution in [2.75, 3.05) is 0 Å². The zero-order valence-electron chi connectivity index (χ0n) is 11.2. The van der Waals surface area contributed by atoms with Crippen molar-refractivity contribution in [1.82, 2.24) is 5.16 Å². The molecule has 3 nitrogen and oxygen atoms in total. The summed E-state index contributed by atoms with van der Waals surface area (Å²) >= 11 is 15.4. The quantitative estimate of drug-likeness (QED) is 0.627. The van der Waals surface area contributed by atoms with E-state index in [9.17, 15) is 5.11 Å². The lowest BCUT2D eigenvalue weighted by Gasteiger charge is -2.03. The van der Waals surface area contributed by atoms with E-state index in [1.807, 2.05) is 24.3 Å². The normalized spacial score (nSPS) is 10.9. The Hall–Kier alpha value is -1.33. The van der Waals surface area contributed by atoms with E-state index >= 15 is 0 Å². The van der Waals surface area contributed by atoms with Crippen LogP contribution >= 0.6 is 39.1 Å². The molecule has 0 aliphatic rings. The van der Waals surface area contributed by atoms with E-state index in [2.05, 4.69) is 21.1 Å². The van der Waals surface area contributed by atoms with Gasteiger partial charge in [-0.1, -0.05) is 56.4 Å². The van der Waals surface area contributed by atoms with Crippen LogP contribution in [0.5, 0.6) is 0 Å². The van der Waals surface area contributed by atoms with Crippen LogP contribution in [0.2, 0.25) is 10.0 Å². The van der Waals surface area contributed by atoms with Gasteiger partial charge in [0.25, 0.3) is 0 Å². The highest BCUT2D eigenvalue weighted by Gasteiger charge is 2.19. The zero-order valence-corrected chi connectivity index (χ0v) is 14.3. The van der Waals surface area contributed by atoms with E-state index in [1.165, 1.54) is 0 Å². The summed E-state index contributed by atoms with van der Waals surface area (Å²) in [4.78, 5) is 0. The van der Waals surface area contributed by atoms with Gasteiger partial charge in [0.15, 0.2) is 5.76 Å². The maximum Gasteiger partial charge on any atom is 0.173 e. The third-order valence-corrected chi connectivity index (χ3v) is 4.15. The van der Waals surface area contributed by atoms with Gasteiger partial charge in [-0.2, -0.15) is 0 Å². The Labute approximate surface area is 145 Å². The first kappa shape index (κ1) is 15.6. The molecule has 2 aromatic carbocycles. The van der Waals surface area contributed by atoms with Crippen molar-refractivity contribution in [2.45, 2.75) is 6.61 Å². The van der Waals surface area contributed by atoms with Gasteiger partial charge < -0.3 is 9.63 Å². The molecule has 0 unspecified atom stereocenters. The smallest absolute Gasteiger partial charge is 0.173 e. The fraction of sp³-hybridized carbons (Fsp3) is 0.0625. The molecule has 0 radical (unpaired) electrons. The van der Waals surface area contributed by atoms with E-state index in [1.54, 1.807) is 18.2 Å². The summed E-state index contributed by atoms with van der Waals surface area (Å²) in [7, 11) is 0. The first-order valence-electron chi connectivity index (χ1n) is 6.40. The van der Waals surface area contributed by atoms with Crippen LogP contribution in [-0.4, -0.2) is 10.3 Å². The van der Waals surface area contributed by atoms with Crippen LogP contribution in [0.4, 0.5) is 0 Å². The number of benzene rings is 2. The zero-order chi connectivity index (χ0) is 15.7. The topological polar surface area (TPSA) is 46.3 Å². The molecule has 3 rings (SSSR count). The number of aromatic nitrogens is 1. The van der Waals surface area contributed by atoms with E-state index in [0.29, 0.717) is 32.6 Å². The van der Waals surface area contributed by atoms with Gasteiger partial charge in [-0.3, -0.25) is 0 Å². The molecule has 0 aliphatic carbocycles. The van der Waals surface area contributed by atoms with Crippen molar-refractivity contribution in [1.29, 1.82) is 0 Å². The van der Waals surface area contributed by atoms with Crippen molar-refractivity contribution in [3.8, 4) is 22.6 Å². The summed E-state index contributed by atoms with van der Waals surface area (Å²) in [6.07, 6.45) is 0. The molecule has 0 spiro atoms. The highest BCUT2D eigenvalue weighted by molar-refractivity contribution is 9.10. The molecule has 0 amide bonds. The van der Waals surface area contributed by atoms with Crippen molar-refractivity contribution in [3.63, 3.8) is 0 Å². The standard InChI is InChI=1S/C16H10BrCl2NO2/c17-11-3-1-9(2-4-11)15-14(8-21)16(22-20-15)10-5-12(18)7-13(19)6-10/h1-7,21H,8H2. The summed E-state index contributed by atoms with van der Waals surface area (Å²) in [6.45, 7) is -0.200. The Morgan fingerprint density at radius 1 is 1.00 bits per heavy atom. The minimum atomic E-state index is -0.200. The number of aliphatic hydroxyl groups is 1.